The van der Waals surface area contributed by atoms with Crippen molar-refractivity contribution in [2.75, 3.05) is 0 Å². The molecule has 0 aliphatic heterocycles. The Bertz CT molecular complexity index is 728. The van der Waals surface area contributed by atoms with E-state index in [4.69, 9.17) is 0 Å². The van der Waals surface area contributed by atoms with Crippen LogP contribution in [0.5, 0.6) is 0 Å². The number of aryl methyl sites for hydroxylation is 1. The second kappa shape index (κ2) is 4.11. The fraction of sp³-hybridized carbons (Fsp3) is 0.0667. The quantitative estimate of drug-likeness (QED) is 0.651. The molecule has 3 aromatic rings. The topological polar surface area (TPSA) is 34.9 Å². The van der Waals surface area contributed by atoms with E-state index in [1.54, 1.807) is 10.9 Å². The summed E-state index contributed by atoms with van der Waals surface area (Å²) in [6, 6.07) is 15.2. The van der Waals surface area contributed by atoms with Gasteiger partial charge in [-0.3, -0.25) is 9.36 Å². The van der Waals surface area contributed by atoms with Gasteiger partial charge < -0.3 is 0 Å². The molecule has 0 atom stereocenters. The molecular weight excluding hydrogens is 224 g/mol. The number of hydrogen-bond donors (Lipinski definition) is 0. The fourth-order valence-electron chi connectivity index (χ4n) is 2.06. The van der Waals surface area contributed by atoms with E-state index >= 15 is 0 Å². The van der Waals surface area contributed by atoms with Crippen LogP contribution in [0.15, 0.2) is 54.9 Å². The van der Waals surface area contributed by atoms with Gasteiger partial charge in [-0.05, 0) is 30.7 Å². The molecule has 1 aromatic heterocycles. The highest BCUT2D eigenvalue weighted by Crippen LogP contribution is 2.15. The molecule has 3 rings (SSSR count). The third-order valence-electron chi connectivity index (χ3n) is 3.05. The predicted octanol–water partition coefficient (Wildman–Crippen LogP) is 3.03. The van der Waals surface area contributed by atoms with Gasteiger partial charge in [0.1, 0.15) is 6.33 Å². The number of hydrogen-bond acceptors (Lipinski definition) is 2. The van der Waals surface area contributed by atoms with E-state index in [1.807, 2.05) is 55.5 Å². The van der Waals surface area contributed by atoms with Crippen molar-refractivity contribution in [1.29, 1.82) is 0 Å². The summed E-state index contributed by atoms with van der Waals surface area (Å²) >= 11 is 0. The monoisotopic (exact) mass is 236 g/mol. The Morgan fingerprint density at radius 3 is 2.61 bits per heavy atom. The minimum Gasteiger partial charge on any atom is -0.268 e. The molecule has 0 aliphatic rings. The Balaban J connectivity index is 2.16. The molecule has 0 fully saturated rings. The van der Waals surface area contributed by atoms with Crippen LogP contribution in [0, 0.1) is 6.92 Å². The summed E-state index contributed by atoms with van der Waals surface area (Å²) in [6.07, 6.45) is 1.58. The van der Waals surface area contributed by atoms with Crippen molar-refractivity contribution in [3.8, 4) is 0 Å². The SMILES string of the molecule is Cc1ccccc1C(=O)n1cnc2ccccc21. The summed E-state index contributed by atoms with van der Waals surface area (Å²) in [5.74, 6) is -0.0400. The molecule has 88 valence electrons. The van der Waals surface area contributed by atoms with Crippen molar-refractivity contribution >= 4 is 16.9 Å². The molecule has 0 N–H and O–H groups in total. The van der Waals surface area contributed by atoms with Crippen molar-refractivity contribution in [3.05, 3.63) is 66.0 Å². The molecule has 0 radical (unpaired) electrons. The van der Waals surface area contributed by atoms with Gasteiger partial charge in [0.2, 0.25) is 0 Å². The maximum Gasteiger partial charge on any atom is 0.263 e. The molecule has 2 aromatic carbocycles. The Morgan fingerprint density at radius 2 is 1.78 bits per heavy atom. The summed E-state index contributed by atoms with van der Waals surface area (Å²) in [5, 5.41) is 0. The highest BCUT2D eigenvalue weighted by Gasteiger charge is 2.13. The average molecular weight is 236 g/mol. The van der Waals surface area contributed by atoms with Crippen molar-refractivity contribution in [2.45, 2.75) is 6.92 Å². The van der Waals surface area contributed by atoms with Crippen molar-refractivity contribution in [2.24, 2.45) is 0 Å². The molecular formula is C15H12N2O. The second-order valence-electron chi connectivity index (χ2n) is 4.22. The van der Waals surface area contributed by atoms with Crippen LogP contribution in [0.1, 0.15) is 15.9 Å². The third kappa shape index (κ3) is 1.61. The Hall–Kier alpha value is -2.42. The number of aromatic nitrogens is 2. The molecule has 3 nitrogen and oxygen atoms in total. The molecule has 0 spiro atoms. The van der Waals surface area contributed by atoms with E-state index in [1.165, 1.54) is 0 Å². The summed E-state index contributed by atoms with van der Waals surface area (Å²) in [4.78, 5) is 16.7. The molecule has 0 saturated carbocycles. The standard InChI is InChI=1S/C15H12N2O/c1-11-6-2-3-7-12(11)15(18)17-10-16-13-8-4-5-9-14(13)17/h2-10H,1H3. The molecule has 0 aliphatic carbocycles. The van der Waals surface area contributed by atoms with E-state index in [-0.39, 0.29) is 5.91 Å². The van der Waals surface area contributed by atoms with Gasteiger partial charge in [-0.15, -0.1) is 0 Å². The second-order valence-corrected chi connectivity index (χ2v) is 4.22. The zero-order valence-corrected chi connectivity index (χ0v) is 10.00. The lowest BCUT2D eigenvalue weighted by Crippen LogP contribution is -2.12. The highest BCUT2D eigenvalue weighted by atomic mass is 16.2. The minimum atomic E-state index is -0.0400. The normalized spacial score (nSPS) is 10.7. The number of carbonyl (C=O) groups is 1. The van der Waals surface area contributed by atoms with Crippen LogP contribution >= 0.6 is 0 Å². The van der Waals surface area contributed by atoms with Gasteiger partial charge in [-0.25, -0.2) is 4.98 Å². The Labute approximate surface area is 105 Å². The van der Waals surface area contributed by atoms with Gasteiger partial charge in [0.05, 0.1) is 11.0 Å². The number of imidazole rings is 1. The van der Waals surface area contributed by atoms with Gasteiger partial charge >= 0.3 is 0 Å². The number of carbonyl (C=O) groups excluding carboxylic acids is 1. The number of benzene rings is 2. The van der Waals surface area contributed by atoms with E-state index in [9.17, 15) is 4.79 Å². The highest BCUT2D eigenvalue weighted by molar-refractivity contribution is 6.01. The first-order valence-electron chi connectivity index (χ1n) is 5.80. The van der Waals surface area contributed by atoms with Gasteiger partial charge in [0.25, 0.3) is 5.91 Å². The van der Waals surface area contributed by atoms with E-state index in [0.717, 1.165) is 16.6 Å². The average Bonchev–Trinajstić information content (AvgIpc) is 2.82. The summed E-state index contributed by atoms with van der Waals surface area (Å²) in [6.45, 7) is 1.94. The van der Waals surface area contributed by atoms with Crippen LogP contribution in [0.25, 0.3) is 11.0 Å². The lowest BCUT2D eigenvalue weighted by molar-refractivity contribution is 0.0964. The van der Waals surface area contributed by atoms with Gasteiger partial charge in [-0.2, -0.15) is 0 Å². The van der Waals surface area contributed by atoms with Gasteiger partial charge in [0, 0.05) is 5.56 Å². The zero-order chi connectivity index (χ0) is 12.5. The lowest BCUT2D eigenvalue weighted by Gasteiger charge is -2.05. The van der Waals surface area contributed by atoms with Crippen molar-refractivity contribution < 1.29 is 4.79 Å². The number of para-hydroxylation sites is 2. The van der Waals surface area contributed by atoms with Crippen molar-refractivity contribution in [1.82, 2.24) is 9.55 Å². The fourth-order valence-corrected chi connectivity index (χ4v) is 2.06. The molecule has 18 heavy (non-hydrogen) atoms. The maximum atomic E-state index is 12.5. The largest absolute Gasteiger partial charge is 0.268 e. The lowest BCUT2D eigenvalue weighted by atomic mass is 10.1. The first-order valence-corrected chi connectivity index (χ1v) is 5.80. The van der Waals surface area contributed by atoms with E-state index in [0.29, 0.717) is 5.56 Å². The minimum absolute atomic E-state index is 0.0400. The van der Waals surface area contributed by atoms with Gasteiger partial charge in [-0.1, -0.05) is 30.3 Å². The summed E-state index contributed by atoms with van der Waals surface area (Å²) in [5.41, 5.74) is 3.35. The maximum absolute atomic E-state index is 12.5. The number of fused-ring (bicyclic) bond motifs is 1. The molecule has 1 heterocycles. The summed E-state index contributed by atoms with van der Waals surface area (Å²) in [7, 11) is 0. The molecule has 0 bridgehead atoms. The Morgan fingerprint density at radius 1 is 1.06 bits per heavy atom. The molecule has 3 heteroatoms. The van der Waals surface area contributed by atoms with Crippen LogP contribution in [0.2, 0.25) is 0 Å². The first-order chi connectivity index (χ1) is 8.77. The number of rotatable bonds is 1. The van der Waals surface area contributed by atoms with Crippen LogP contribution in [-0.4, -0.2) is 15.5 Å². The molecule has 0 saturated heterocycles. The van der Waals surface area contributed by atoms with Crippen LogP contribution in [0.4, 0.5) is 0 Å². The van der Waals surface area contributed by atoms with E-state index in [2.05, 4.69) is 4.98 Å². The third-order valence-corrected chi connectivity index (χ3v) is 3.05. The smallest absolute Gasteiger partial charge is 0.263 e. The van der Waals surface area contributed by atoms with E-state index < -0.39 is 0 Å². The number of nitrogens with zero attached hydrogens (tertiary/aromatic N) is 2. The zero-order valence-electron chi connectivity index (χ0n) is 10.00. The Kier molecular flexibility index (Phi) is 2.45. The first kappa shape index (κ1) is 10.7. The predicted molar refractivity (Wildman–Crippen MR) is 70.6 cm³/mol. The molecule has 0 unspecified atom stereocenters. The van der Waals surface area contributed by atoms with Crippen molar-refractivity contribution in [3.63, 3.8) is 0 Å². The van der Waals surface area contributed by atoms with Crippen LogP contribution in [-0.2, 0) is 0 Å². The van der Waals surface area contributed by atoms with Crippen LogP contribution < -0.4 is 0 Å². The van der Waals surface area contributed by atoms with Gasteiger partial charge in [0.15, 0.2) is 0 Å². The summed E-state index contributed by atoms with van der Waals surface area (Å²) < 4.78 is 1.59. The molecule has 0 amide bonds. The van der Waals surface area contributed by atoms with Crippen LogP contribution in [0.3, 0.4) is 0 Å².